The Morgan fingerprint density at radius 1 is 1.08 bits per heavy atom. The number of halogens is 2. The maximum Gasteiger partial charge on any atom is 0.161 e. The highest BCUT2D eigenvalue weighted by Gasteiger charge is 2.41. The number of nitrogens with zero attached hydrogens (tertiary/aromatic N) is 2. The minimum absolute atomic E-state index is 0.0134. The molecule has 0 spiro atoms. The molecular formula is C32H29BrFN3OS. The number of Topliss-reactive ketones (excluding diaryl/α,β-unsaturated/α-hetero) is 1. The number of hydrogen-bond donors (Lipinski definition) is 1. The Bertz CT molecular complexity index is 1590. The Morgan fingerprint density at radius 3 is 2.51 bits per heavy atom. The number of ketones is 1. The molecule has 0 bridgehead atoms. The molecule has 2 N–H and O–H groups in total. The molecule has 2 aliphatic rings. The highest BCUT2D eigenvalue weighted by atomic mass is 79.9. The number of aryl methyl sites for hydroxylation is 2. The van der Waals surface area contributed by atoms with Crippen LogP contribution in [-0.2, 0) is 10.5 Å². The number of thioether (sulfide) groups is 1. The highest BCUT2D eigenvalue weighted by molar-refractivity contribution is 9.10. The van der Waals surface area contributed by atoms with Gasteiger partial charge in [-0.05, 0) is 80.6 Å². The molecular weight excluding hydrogens is 573 g/mol. The molecule has 7 heteroatoms. The summed E-state index contributed by atoms with van der Waals surface area (Å²) in [5, 5.41) is 10.4. The molecule has 0 saturated carbocycles. The molecule has 39 heavy (non-hydrogen) atoms. The average Bonchev–Trinajstić information content (AvgIpc) is 2.90. The molecule has 3 aromatic carbocycles. The highest BCUT2D eigenvalue weighted by Crippen LogP contribution is 2.48. The van der Waals surface area contributed by atoms with Gasteiger partial charge in [0.25, 0.3) is 0 Å². The number of carbonyl (C=O) groups excluding carboxylic acids is 1. The number of carbonyl (C=O) groups is 1. The predicted octanol–water partition coefficient (Wildman–Crippen LogP) is 8.11. The van der Waals surface area contributed by atoms with E-state index in [2.05, 4.69) is 72.2 Å². The van der Waals surface area contributed by atoms with Crippen molar-refractivity contribution in [1.82, 2.24) is 0 Å². The van der Waals surface area contributed by atoms with Crippen molar-refractivity contribution in [2.75, 3.05) is 4.90 Å². The van der Waals surface area contributed by atoms with Gasteiger partial charge < -0.3 is 5.73 Å². The van der Waals surface area contributed by atoms with Gasteiger partial charge in [-0.2, -0.15) is 5.26 Å². The van der Waals surface area contributed by atoms with E-state index in [1.165, 1.54) is 16.5 Å². The van der Waals surface area contributed by atoms with Gasteiger partial charge in [-0.1, -0.05) is 51.3 Å². The van der Waals surface area contributed by atoms with Crippen molar-refractivity contribution in [3.8, 4) is 6.07 Å². The van der Waals surface area contributed by atoms with Crippen LogP contribution < -0.4 is 10.6 Å². The Morgan fingerprint density at radius 2 is 1.82 bits per heavy atom. The minimum atomic E-state index is -0.587. The van der Waals surface area contributed by atoms with Gasteiger partial charge in [-0.25, -0.2) is 4.39 Å². The number of rotatable bonds is 5. The van der Waals surface area contributed by atoms with Crippen LogP contribution in [0.25, 0.3) is 0 Å². The van der Waals surface area contributed by atoms with Gasteiger partial charge in [0.2, 0.25) is 0 Å². The van der Waals surface area contributed by atoms with Crippen LogP contribution in [0.1, 0.15) is 53.0 Å². The van der Waals surface area contributed by atoms with Gasteiger partial charge in [0.15, 0.2) is 5.78 Å². The molecule has 1 atom stereocenters. The zero-order valence-electron chi connectivity index (χ0n) is 22.1. The predicted molar refractivity (Wildman–Crippen MR) is 159 cm³/mol. The van der Waals surface area contributed by atoms with Crippen molar-refractivity contribution in [1.29, 1.82) is 5.26 Å². The zero-order valence-corrected chi connectivity index (χ0v) is 24.5. The third-order valence-corrected chi connectivity index (χ3v) is 9.04. The van der Waals surface area contributed by atoms with Gasteiger partial charge in [0.1, 0.15) is 11.6 Å². The quantitative estimate of drug-likeness (QED) is 0.299. The van der Waals surface area contributed by atoms with Crippen molar-refractivity contribution in [2.24, 2.45) is 5.73 Å². The fourth-order valence-corrected chi connectivity index (χ4v) is 6.83. The summed E-state index contributed by atoms with van der Waals surface area (Å²) < 4.78 is 15.8. The van der Waals surface area contributed by atoms with Crippen LogP contribution in [0.3, 0.4) is 0 Å². The van der Waals surface area contributed by atoms with E-state index in [1.54, 1.807) is 28.8 Å². The van der Waals surface area contributed by atoms with E-state index in [1.807, 2.05) is 6.92 Å². The molecule has 198 valence electrons. The van der Waals surface area contributed by atoms with Crippen LogP contribution in [0, 0.1) is 37.9 Å². The molecule has 0 radical (unpaired) electrons. The minimum Gasteiger partial charge on any atom is -0.384 e. The SMILES string of the molecule is Cc1ccc(SCc2cc(C)cc(C3C(C#N)=C(N)N(c4ccc(Br)cc4F)C4=C3C(=O)CCC4)c2C)cc1. The van der Waals surface area contributed by atoms with Gasteiger partial charge >= 0.3 is 0 Å². The van der Waals surface area contributed by atoms with Gasteiger partial charge in [0.05, 0.1) is 23.2 Å². The molecule has 0 aromatic heterocycles. The molecule has 1 unspecified atom stereocenters. The van der Waals surface area contributed by atoms with E-state index < -0.39 is 11.7 Å². The number of nitriles is 1. The maximum absolute atomic E-state index is 15.2. The van der Waals surface area contributed by atoms with Crippen LogP contribution >= 0.6 is 27.7 Å². The fourth-order valence-electron chi connectivity index (χ4n) is 5.54. The number of nitrogens with two attached hydrogens (primary N) is 1. The van der Waals surface area contributed by atoms with Gasteiger partial charge in [-0.3, -0.25) is 9.69 Å². The first-order valence-corrected chi connectivity index (χ1v) is 14.7. The lowest BCUT2D eigenvalue weighted by atomic mass is 9.73. The van der Waals surface area contributed by atoms with Gasteiger partial charge in [0, 0.05) is 32.8 Å². The van der Waals surface area contributed by atoms with Crippen LogP contribution in [0.2, 0.25) is 0 Å². The van der Waals surface area contributed by atoms with Crippen LogP contribution in [-0.4, -0.2) is 5.78 Å². The first kappa shape index (κ1) is 27.2. The Balaban J connectivity index is 1.64. The van der Waals surface area contributed by atoms with E-state index in [-0.39, 0.29) is 22.9 Å². The molecule has 1 heterocycles. The van der Waals surface area contributed by atoms with Crippen molar-refractivity contribution >= 4 is 39.2 Å². The van der Waals surface area contributed by atoms with E-state index in [4.69, 9.17) is 5.73 Å². The summed E-state index contributed by atoms with van der Waals surface area (Å²) in [5.74, 6) is -0.146. The summed E-state index contributed by atoms with van der Waals surface area (Å²) in [6.07, 6.45) is 1.62. The number of allylic oxidation sites excluding steroid dienone is 3. The first-order chi connectivity index (χ1) is 18.7. The topological polar surface area (TPSA) is 70.1 Å². The molecule has 5 rings (SSSR count). The number of benzene rings is 3. The first-order valence-electron chi connectivity index (χ1n) is 12.9. The van der Waals surface area contributed by atoms with Crippen LogP contribution in [0.5, 0.6) is 0 Å². The average molecular weight is 603 g/mol. The lowest BCUT2D eigenvalue weighted by Crippen LogP contribution is -2.39. The summed E-state index contributed by atoms with van der Waals surface area (Å²) in [4.78, 5) is 16.3. The second kappa shape index (κ2) is 11.0. The lowest BCUT2D eigenvalue weighted by Gasteiger charge is -2.40. The summed E-state index contributed by atoms with van der Waals surface area (Å²) in [5.41, 5.74) is 13.8. The molecule has 0 saturated heterocycles. The van der Waals surface area contributed by atoms with E-state index in [0.29, 0.717) is 35.0 Å². The fraction of sp³-hybridized carbons (Fsp3) is 0.250. The number of hydrogen-bond acceptors (Lipinski definition) is 5. The maximum atomic E-state index is 15.2. The van der Waals surface area contributed by atoms with Crippen molar-refractivity contribution in [3.63, 3.8) is 0 Å². The summed E-state index contributed by atoms with van der Waals surface area (Å²) in [6.45, 7) is 6.16. The van der Waals surface area contributed by atoms with Crippen LogP contribution in [0.4, 0.5) is 10.1 Å². The Labute approximate surface area is 241 Å². The van der Waals surface area contributed by atoms with Crippen molar-refractivity contribution in [2.45, 2.75) is 56.6 Å². The molecule has 0 fully saturated rings. The molecule has 4 nitrogen and oxygen atoms in total. The van der Waals surface area contributed by atoms with E-state index in [9.17, 15) is 10.1 Å². The van der Waals surface area contributed by atoms with Crippen molar-refractivity contribution < 1.29 is 9.18 Å². The monoisotopic (exact) mass is 601 g/mol. The molecule has 0 amide bonds. The normalized spacial score (nSPS) is 17.4. The third-order valence-electron chi connectivity index (χ3n) is 7.49. The second-order valence-corrected chi connectivity index (χ2v) is 12.1. The molecule has 1 aliphatic carbocycles. The molecule has 3 aromatic rings. The standard InChI is InChI=1S/C32H29BrFN3OS/c1-18-7-10-23(11-8-18)39-17-21-13-19(2)14-24(20(21)3)30-25(16-35)32(36)37(27-12-9-22(33)15-26(27)34)28-5-4-6-29(38)31(28)30/h7-15,30H,4-6,17,36H2,1-3H3. The van der Waals surface area contributed by atoms with Gasteiger partial charge in [-0.15, -0.1) is 11.8 Å². The summed E-state index contributed by atoms with van der Waals surface area (Å²) >= 11 is 5.07. The van der Waals surface area contributed by atoms with Crippen LogP contribution in [0.15, 0.2) is 86.6 Å². The lowest BCUT2D eigenvalue weighted by molar-refractivity contribution is -0.116. The Kier molecular flexibility index (Phi) is 7.70. The second-order valence-electron chi connectivity index (χ2n) is 10.2. The van der Waals surface area contributed by atoms with E-state index in [0.717, 1.165) is 28.0 Å². The summed E-state index contributed by atoms with van der Waals surface area (Å²) in [6, 6.07) is 19.7. The third kappa shape index (κ3) is 5.16. The van der Waals surface area contributed by atoms with E-state index >= 15 is 4.39 Å². The molecule has 1 aliphatic heterocycles. The Hall–Kier alpha value is -3.34. The summed E-state index contributed by atoms with van der Waals surface area (Å²) in [7, 11) is 0. The zero-order chi connectivity index (χ0) is 27.8. The largest absolute Gasteiger partial charge is 0.384 e. The smallest absolute Gasteiger partial charge is 0.161 e. The number of anilines is 1. The van der Waals surface area contributed by atoms with Crippen molar-refractivity contribution in [3.05, 3.63) is 115 Å².